The van der Waals surface area contributed by atoms with Gasteiger partial charge in [0.05, 0.1) is 11.9 Å². The van der Waals surface area contributed by atoms with E-state index in [9.17, 15) is 4.79 Å². The molecule has 1 N–H and O–H groups in total. The summed E-state index contributed by atoms with van der Waals surface area (Å²) in [5.74, 6) is 0. The van der Waals surface area contributed by atoms with Crippen LogP contribution in [0.25, 0.3) is 0 Å². The molecule has 1 saturated heterocycles. The summed E-state index contributed by atoms with van der Waals surface area (Å²) in [6.45, 7) is 7.19. The minimum Gasteiger partial charge on any atom is -0.444 e. The first-order chi connectivity index (χ1) is 9.83. The van der Waals surface area contributed by atoms with Crippen molar-refractivity contribution < 1.29 is 9.53 Å². The van der Waals surface area contributed by atoms with Crippen LogP contribution < -0.4 is 5.32 Å². The van der Waals surface area contributed by atoms with Crippen LogP contribution in [0.1, 0.15) is 40.0 Å². The Balaban J connectivity index is 1.85. The molecule has 21 heavy (non-hydrogen) atoms. The maximum absolute atomic E-state index is 12.1. The summed E-state index contributed by atoms with van der Waals surface area (Å²) < 4.78 is 7.23. The zero-order valence-corrected chi connectivity index (χ0v) is 13.4. The largest absolute Gasteiger partial charge is 0.444 e. The highest BCUT2D eigenvalue weighted by Gasteiger charge is 2.25. The third-order valence-corrected chi connectivity index (χ3v) is 3.46. The molecule has 1 aromatic heterocycles. The van der Waals surface area contributed by atoms with Crippen LogP contribution in [0.4, 0.5) is 10.5 Å². The monoisotopic (exact) mass is 294 g/mol. The highest BCUT2D eigenvalue weighted by Crippen LogP contribution is 2.18. The van der Waals surface area contributed by atoms with Crippen LogP contribution in [-0.2, 0) is 11.8 Å². The molecule has 0 spiro atoms. The zero-order valence-electron chi connectivity index (χ0n) is 13.4. The lowest BCUT2D eigenvalue weighted by Crippen LogP contribution is -2.37. The molecule has 6 heteroatoms. The van der Waals surface area contributed by atoms with E-state index in [2.05, 4.69) is 10.4 Å². The van der Waals surface area contributed by atoms with E-state index >= 15 is 0 Å². The average Bonchev–Trinajstić information content (AvgIpc) is 2.62. The van der Waals surface area contributed by atoms with Crippen LogP contribution >= 0.6 is 0 Å². The molecule has 0 radical (unpaired) electrons. The van der Waals surface area contributed by atoms with Crippen molar-refractivity contribution in [3.63, 3.8) is 0 Å². The normalized spacial score (nSPS) is 20.0. The van der Waals surface area contributed by atoms with Gasteiger partial charge in [-0.1, -0.05) is 0 Å². The number of amides is 1. The summed E-state index contributed by atoms with van der Waals surface area (Å²) in [5, 5.41) is 7.65. The van der Waals surface area contributed by atoms with E-state index < -0.39 is 5.60 Å². The number of aryl methyl sites for hydroxylation is 1. The Bertz CT molecular complexity index is 478. The van der Waals surface area contributed by atoms with Gasteiger partial charge in [0.15, 0.2) is 0 Å². The number of ether oxygens (including phenoxy) is 1. The van der Waals surface area contributed by atoms with E-state index in [1.807, 2.05) is 45.1 Å². The fraction of sp³-hybridized carbons (Fsp3) is 0.733. The Labute approximate surface area is 126 Å². The lowest BCUT2D eigenvalue weighted by molar-refractivity contribution is 0.0256. The van der Waals surface area contributed by atoms with Crippen molar-refractivity contribution >= 4 is 11.8 Å². The Hall–Kier alpha value is -1.72. The molecule has 1 amide bonds. The molecule has 0 aromatic carbocycles. The summed E-state index contributed by atoms with van der Waals surface area (Å²) in [6, 6.07) is 0.377. The molecule has 1 aliphatic heterocycles. The second-order valence-electron chi connectivity index (χ2n) is 6.64. The maximum Gasteiger partial charge on any atom is 0.410 e. The Morgan fingerprint density at radius 3 is 2.76 bits per heavy atom. The number of nitrogens with zero attached hydrogens (tertiary/aromatic N) is 3. The second kappa shape index (κ2) is 6.37. The van der Waals surface area contributed by atoms with E-state index in [1.54, 1.807) is 4.68 Å². The fourth-order valence-electron chi connectivity index (χ4n) is 2.48. The maximum atomic E-state index is 12.1. The number of hydrogen-bond acceptors (Lipinski definition) is 4. The third kappa shape index (κ3) is 4.95. The first kappa shape index (κ1) is 15.7. The Morgan fingerprint density at radius 1 is 1.38 bits per heavy atom. The molecule has 2 rings (SSSR count). The number of aromatic nitrogens is 2. The molecule has 118 valence electrons. The first-order valence-electron chi connectivity index (χ1n) is 7.56. The average molecular weight is 294 g/mol. The number of hydrogen-bond donors (Lipinski definition) is 1. The molecular weight excluding hydrogens is 268 g/mol. The minimum atomic E-state index is -0.434. The Morgan fingerprint density at radius 2 is 2.14 bits per heavy atom. The summed E-state index contributed by atoms with van der Waals surface area (Å²) >= 11 is 0. The van der Waals surface area contributed by atoms with Gasteiger partial charge in [-0.2, -0.15) is 5.10 Å². The van der Waals surface area contributed by atoms with Crippen molar-refractivity contribution in [3.8, 4) is 0 Å². The summed E-state index contributed by atoms with van der Waals surface area (Å²) in [5.41, 5.74) is 0.602. The smallest absolute Gasteiger partial charge is 0.410 e. The zero-order chi connectivity index (χ0) is 15.5. The van der Waals surface area contributed by atoms with Crippen LogP contribution in [0.3, 0.4) is 0 Å². The lowest BCUT2D eigenvalue weighted by atomic mass is 10.1. The molecule has 1 atom stereocenters. The van der Waals surface area contributed by atoms with Crippen LogP contribution in [0.15, 0.2) is 12.4 Å². The van der Waals surface area contributed by atoms with Gasteiger partial charge >= 0.3 is 6.09 Å². The highest BCUT2D eigenvalue weighted by molar-refractivity contribution is 5.68. The van der Waals surface area contributed by atoms with Crippen molar-refractivity contribution in [2.75, 3.05) is 18.4 Å². The van der Waals surface area contributed by atoms with Crippen LogP contribution in [0.2, 0.25) is 0 Å². The topological polar surface area (TPSA) is 59.4 Å². The molecule has 1 aliphatic rings. The van der Waals surface area contributed by atoms with Crippen molar-refractivity contribution in [3.05, 3.63) is 12.4 Å². The van der Waals surface area contributed by atoms with Crippen LogP contribution in [-0.4, -0.2) is 45.5 Å². The van der Waals surface area contributed by atoms with E-state index in [0.717, 1.165) is 38.0 Å². The molecule has 6 nitrogen and oxygen atoms in total. The van der Waals surface area contributed by atoms with Crippen molar-refractivity contribution in [1.82, 2.24) is 14.7 Å². The van der Waals surface area contributed by atoms with Gasteiger partial charge in [-0.25, -0.2) is 4.79 Å². The highest BCUT2D eigenvalue weighted by atomic mass is 16.6. The molecule has 0 saturated carbocycles. The standard InChI is InChI=1S/C15H26N4O2/c1-15(2,3)21-14(20)19-8-5-6-12(7-9-19)17-13-10-16-18(4)11-13/h10-12,17H,5-9H2,1-4H3. The van der Waals surface area contributed by atoms with Gasteiger partial charge in [-0.15, -0.1) is 0 Å². The Kier molecular flexibility index (Phi) is 4.75. The summed E-state index contributed by atoms with van der Waals surface area (Å²) in [7, 11) is 1.91. The SMILES string of the molecule is Cn1cc(NC2CCCN(C(=O)OC(C)(C)C)CC2)cn1. The van der Waals surface area contributed by atoms with Gasteiger partial charge in [-0.05, 0) is 40.0 Å². The third-order valence-electron chi connectivity index (χ3n) is 3.46. The van der Waals surface area contributed by atoms with E-state index in [1.165, 1.54) is 0 Å². The first-order valence-corrected chi connectivity index (χ1v) is 7.56. The molecule has 0 bridgehead atoms. The van der Waals surface area contributed by atoms with E-state index in [4.69, 9.17) is 4.74 Å². The van der Waals surface area contributed by atoms with Crippen LogP contribution in [0, 0.1) is 0 Å². The second-order valence-corrected chi connectivity index (χ2v) is 6.64. The predicted molar refractivity (Wildman–Crippen MR) is 82.3 cm³/mol. The number of anilines is 1. The fourth-order valence-corrected chi connectivity index (χ4v) is 2.48. The van der Waals surface area contributed by atoms with Gasteiger partial charge in [0, 0.05) is 32.4 Å². The number of carbonyl (C=O) groups excluding carboxylic acids is 1. The van der Waals surface area contributed by atoms with Gasteiger partial charge in [-0.3, -0.25) is 4.68 Å². The van der Waals surface area contributed by atoms with Crippen LogP contribution in [0.5, 0.6) is 0 Å². The lowest BCUT2D eigenvalue weighted by Gasteiger charge is -2.26. The molecule has 1 unspecified atom stereocenters. The molecule has 0 aliphatic carbocycles. The van der Waals surface area contributed by atoms with Crippen molar-refractivity contribution in [2.24, 2.45) is 7.05 Å². The van der Waals surface area contributed by atoms with Gasteiger partial charge in [0.1, 0.15) is 5.60 Å². The number of nitrogens with one attached hydrogen (secondary N) is 1. The summed E-state index contributed by atoms with van der Waals surface area (Å²) in [6.07, 6.45) is 6.55. The molecule has 2 heterocycles. The van der Waals surface area contributed by atoms with E-state index in [-0.39, 0.29) is 6.09 Å². The van der Waals surface area contributed by atoms with Gasteiger partial charge in [0.2, 0.25) is 0 Å². The molecular formula is C15H26N4O2. The van der Waals surface area contributed by atoms with Crippen molar-refractivity contribution in [1.29, 1.82) is 0 Å². The number of rotatable bonds is 2. The van der Waals surface area contributed by atoms with E-state index in [0.29, 0.717) is 6.04 Å². The number of likely N-dealkylation sites (tertiary alicyclic amines) is 1. The molecule has 1 aromatic rings. The minimum absolute atomic E-state index is 0.204. The summed E-state index contributed by atoms with van der Waals surface area (Å²) in [4.78, 5) is 13.9. The van der Waals surface area contributed by atoms with Gasteiger partial charge < -0.3 is 15.0 Å². The number of carbonyl (C=O) groups is 1. The quantitative estimate of drug-likeness (QED) is 0.911. The van der Waals surface area contributed by atoms with Gasteiger partial charge in [0.25, 0.3) is 0 Å². The molecule has 1 fully saturated rings. The van der Waals surface area contributed by atoms with Crippen molar-refractivity contribution in [2.45, 2.75) is 51.7 Å². The predicted octanol–water partition coefficient (Wildman–Crippen LogP) is 2.62.